The van der Waals surface area contributed by atoms with Crippen molar-refractivity contribution in [3.63, 3.8) is 0 Å². The molecule has 1 aromatic rings. The summed E-state index contributed by atoms with van der Waals surface area (Å²) in [5.41, 5.74) is 0.180. The summed E-state index contributed by atoms with van der Waals surface area (Å²) in [5, 5.41) is 2.95. The molecule has 1 amide bonds. The molecule has 1 aromatic carbocycles. The summed E-state index contributed by atoms with van der Waals surface area (Å²) >= 11 is 5.81. The van der Waals surface area contributed by atoms with Gasteiger partial charge in [-0.05, 0) is 24.6 Å². The minimum Gasteiger partial charge on any atom is -0.496 e. The van der Waals surface area contributed by atoms with Crippen LogP contribution in [0.25, 0.3) is 0 Å². The Morgan fingerprint density at radius 2 is 2.11 bits per heavy atom. The van der Waals surface area contributed by atoms with Crippen LogP contribution in [0.2, 0.25) is 5.02 Å². The quantitative estimate of drug-likeness (QED) is 0.490. The largest absolute Gasteiger partial charge is 0.496 e. The number of halogens is 1. The summed E-state index contributed by atoms with van der Waals surface area (Å²) in [4.78, 5) is 23.6. The predicted octanol–water partition coefficient (Wildman–Crippen LogP) is 2.45. The zero-order chi connectivity index (χ0) is 13.5. The molecule has 0 spiro atoms. The summed E-state index contributed by atoms with van der Waals surface area (Å²) in [6.45, 7) is 2.50. The first-order chi connectivity index (χ1) is 8.60. The Kier molecular flexibility index (Phi) is 5.65. The summed E-state index contributed by atoms with van der Waals surface area (Å²) in [7, 11) is 1.44. The van der Waals surface area contributed by atoms with Crippen LogP contribution in [0.3, 0.4) is 0 Å². The predicted molar refractivity (Wildman–Crippen MR) is 70.3 cm³/mol. The molecule has 0 aliphatic heterocycles. The number of carbonyl (C=O) groups is 2. The maximum atomic E-state index is 11.9. The van der Waals surface area contributed by atoms with E-state index in [2.05, 4.69) is 5.32 Å². The van der Waals surface area contributed by atoms with E-state index in [1.165, 1.54) is 13.2 Å². The zero-order valence-corrected chi connectivity index (χ0v) is 11.2. The maximum absolute atomic E-state index is 11.9. The van der Waals surface area contributed by atoms with Crippen LogP contribution >= 0.6 is 11.6 Å². The van der Waals surface area contributed by atoms with E-state index >= 15 is 0 Å². The topological polar surface area (TPSA) is 55.4 Å². The van der Waals surface area contributed by atoms with Crippen molar-refractivity contribution in [3.8, 4) is 5.75 Å². The van der Waals surface area contributed by atoms with Crippen molar-refractivity contribution in [1.82, 2.24) is 5.32 Å². The van der Waals surface area contributed by atoms with E-state index in [4.69, 9.17) is 16.3 Å². The molecule has 0 heterocycles. The van der Waals surface area contributed by atoms with Crippen LogP contribution in [0.1, 0.15) is 30.1 Å². The van der Waals surface area contributed by atoms with Gasteiger partial charge in [0.1, 0.15) is 5.75 Å². The Morgan fingerprint density at radius 3 is 2.72 bits per heavy atom. The number of hydrogen-bond donors (Lipinski definition) is 1. The molecule has 1 N–H and O–H groups in total. The van der Waals surface area contributed by atoms with E-state index < -0.39 is 11.7 Å². The van der Waals surface area contributed by atoms with Crippen molar-refractivity contribution in [1.29, 1.82) is 0 Å². The Hall–Kier alpha value is -1.55. The molecule has 4 nitrogen and oxygen atoms in total. The Labute approximate surface area is 111 Å². The zero-order valence-electron chi connectivity index (χ0n) is 10.5. The number of rotatable bonds is 6. The Morgan fingerprint density at radius 1 is 1.39 bits per heavy atom. The van der Waals surface area contributed by atoms with Crippen LogP contribution in [-0.2, 0) is 4.79 Å². The van der Waals surface area contributed by atoms with E-state index in [0.717, 1.165) is 12.8 Å². The number of amides is 1. The number of Topliss-reactive ketones (excluding diaryl/α,β-unsaturated/α-hetero) is 1. The number of hydrogen-bond acceptors (Lipinski definition) is 3. The van der Waals surface area contributed by atoms with Gasteiger partial charge in [-0.1, -0.05) is 24.9 Å². The summed E-state index contributed by atoms with van der Waals surface area (Å²) in [6.07, 6.45) is 1.79. The van der Waals surface area contributed by atoms with Crippen molar-refractivity contribution >= 4 is 23.3 Å². The second kappa shape index (κ2) is 7.01. The van der Waals surface area contributed by atoms with Crippen LogP contribution in [0.15, 0.2) is 18.2 Å². The highest BCUT2D eigenvalue weighted by Gasteiger charge is 2.20. The molecule has 0 saturated heterocycles. The van der Waals surface area contributed by atoms with Crippen molar-refractivity contribution < 1.29 is 14.3 Å². The van der Waals surface area contributed by atoms with Crippen LogP contribution in [-0.4, -0.2) is 25.3 Å². The lowest BCUT2D eigenvalue weighted by molar-refractivity contribution is -0.117. The first-order valence-corrected chi connectivity index (χ1v) is 6.14. The third kappa shape index (κ3) is 3.74. The van der Waals surface area contributed by atoms with Crippen molar-refractivity contribution in [2.24, 2.45) is 0 Å². The average Bonchev–Trinajstić information content (AvgIpc) is 2.38. The molecule has 1 rings (SSSR count). The lowest BCUT2D eigenvalue weighted by Gasteiger charge is -2.08. The first kappa shape index (κ1) is 14.5. The van der Waals surface area contributed by atoms with Gasteiger partial charge >= 0.3 is 0 Å². The third-order valence-corrected chi connectivity index (χ3v) is 2.66. The van der Waals surface area contributed by atoms with E-state index in [0.29, 0.717) is 17.3 Å². The van der Waals surface area contributed by atoms with E-state index in [-0.39, 0.29) is 5.56 Å². The van der Waals surface area contributed by atoms with Gasteiger partial charge < -0.3 is 10.1 Å². The van der Waals surface area contributed by atoms with Gasteiger partial charge in [-0.2, -0.15) is 0 Å². The number of unbranched alkanes of at least 4 members (excludes halogenated alkanes) is 1. The molecule has 0 aliphatic carbocycles. The van der Waals surface area contributed by atoms with Gasteiger partial charge in [0.2, 0.25) is 0 Å². The molecule has 0 unspecified atom stereocenters. The minimum absolute atomic E-state index is 0.180. The number of ether oxygens (including phenoxy) is 1. The Bertz CT molecular complexity index is 446. The molecular weight excluding hydrogens is 254 g/mol. The van der Waals surface area contributed by atoms with Crippen molar-refractivity contribution in [2.75, 3.05) is 13.7 Å². The van der Waals surface area contributed by atoms with E-state index in [1.807, 2.05) is 6.92 Å². The number of nitrogens with one attached hydrogen (secondary N) is 1. The second-order valence-corrected chi connectivity index (χ2v) is 4.22. The molecule has 0 atom stereocenters. The fourth-order valence-electron chi connectivity index (χ4n) is 1.44. The lowest BCUT2D eigenvalue weighted by atomic mass is 10.1. The number of methoxy groups -OCH3 is 1. The van der Waals surface area contributed by atoms with Crippen molar-refractivity contribution in [2.45, 2.75) is 19.8 Å². The molecule has 0 radical (unpaired) electrons. The SMILES string of the molecule is CCCCNC(=O)C(=O)c1cc(Cl)ccc1OC. The lowest BCUT2D eigenvalue weighted by Crippen LogP contribution is -2.32. The van der Waals surface area contributed by atoms with E-state index in [9.17, 15) is 9.59 Å². The van der Waals surface area contributed by atoms with Crippen LogP contribution in [0.5, 0.6) is 5.75 Å². The van der Waals surface area contributed by atoms with Crippen LogP contribution in [0.4, 0.5) is 0 Å². The molecular formula is C13H16ClNO3. The van der Waals surface area contributed by atoms with Gasteiger partial charge in [-0.25, -0.2) is 0 Å². The fraction of sp³-hybridized carbons (Fsp3) is 0.385. The van der Waals surface area contributed by atoms with Crippen molar-refractivity contribution in [3.05, 3.63) is 28.8 Å². The molecule has 0 aromatic heterocycles. The third-order valence-electron chi connectivity index (χ3n) is 2.43. The van der Waals surface area contributed by atoms with Gasteiger partial charge in [0.15, 0.2) is 0 Å². The van der Waals surface area contributed by atoms with Gasteiger partial charge in [-0.15, -0.1) is 0 Å². The average molecular weight is 270 g/mol. The number of carbonyl (C=O) groups excluding carboxylic acids is 2. The van der Waals surface area contributed by atoms with Gasteiger partial charge in [-0.3, -0.25) is 9.59 Å². The number of ketones is 1. The Balaban J connectivity index is 2.82. The smallest absolute Gasteiger partial charge is 0.292 e. The number of benzene rings is 1. The summed E-state index contributed by atoms with van der Waals surface area (Å²) < 4.78 is 5.04. The monoisotopic (exact) mass is 269 g/mol. The molecule has 0 saturated carbocycles. The highest BCUT2D eigenvalue weighted by atomic mass is 35.5. The van der Waals surface area contributed by atoms with Gasteiger partial charge in [0.25, 0.3) is 11.7 Å². The highest BCUT2D eigenvalue weighted by molar-refractivity contribution is 6.44. The van der Waals surface area contributed by atoms with Gasteiger partial charge in [0.05, 0.1) is 12.7 Å². The minimum atomic E-state index is -0.635. The van der Waals surface area contributed by atoms with Crippen LogP contribution < -0.4 is 10.1 Å². The normalized spacial score (nSPS) is 9.94. The van der Waals surface area contributed by atoms with E-state index in [1.54, 1.807) is 12.1 Å². The molecule has 0 fully saturated rings. The maximum Gasteiger partial charge on any atom is 0.292 e. The molecule has 98 valence electrons. The molecule has 5 heteroatoms. The fourth-order valence-corrected chi connectivity index (χ4v) is 1.61. The summed E-state index contributed by atoms with van der Waals surface area (Å²) in [6, 6.07) is 4.60. The molecule has 0 aliphatic rings. The highest BCUT2D eigenvalue weighted by Crippen LogP contribution is 2.23. The molecule has 18 heavy (non-hydrogen) atoms. The standard InChI is InChI=1S/C13H16ClNO3/c1-3-4-7-15-13(17)12(16)10-8-9(14)5-6-11(10)18-2/h5-6,8H,3-4,7H2,1-2H3,(H,15,17). The molecule has 0 bridgehead atoms. The second-order valence-electron chi connectivity index (χ2n) is 3.78. The van der Waals surface area contributed by atoms with Crippen LogP contribution in [0, 0.1) is 0 Å². The van der Waals surface area contributed by atoms with Gasteiger partial charge in [0, 0.05) is 11.6 Å². The first-order valence-electron chi connectivity index (χ1n) is 5.76. The summed E-state index contributed by atoms with van der Waals surface area (Å²) in [5.74, 6) is -0.926.